The number of rotatable bonds is 3. The first-order valence-corrected chi connectivity index (χ1v) is 13.2. The molecule has 1 aromatic carbocycles. The number of fused-ring (bicyclic) bond motifs is 2. The van der Waals surface area contributed by atoms with Crippen molar-refractivity contribution in [2.45, 2.75) is 58.0 Å². The summed E-state index contributed by atoms with van der Waals surface area (Å²) in [6.45, 7) is 5.01. The lowest BCUT2D eigenvalue weighted by Crippen LogP contribution is -2.27. The first-order chi connectivity index (χ1) is 16.5. The Hall–Kier alpha value is -2.48. The van der Waals surface area contributed by atoms with Crippen molar-refractivity contribution in [2.75, 3.05) is 18.4 Å². The van der Waals surface area contributed by atoms with Gasteiger partial charge in [-0.15, -0.1) is 11.3 Å². The minimum atomic E-state index is -0.0947. The van der Waals surface area contributed by atoms with Crippen LogP contribution < -0.4 is 10.6 Å². The van der Waals surface area contributed by atoms with E-state index in [1.54, 1.807) is 17.5 Å². The number of nitrogens with zero attached hydrogens (tertiary/aromatic N) is 2. The van der Waals surface area contributed by atoms with E-state index in [-0.39, 0.29) is 11.8 Å². The summed E-state index contributed by atoms with van der Waals surface area (Å²) in [6.07, 6.45) is 7.29. The van der Waals surface area contributed by atoms with Gasteiger partial charge in [0.25, 0.3) is 0 Å². The molecular weight excluding hydrogens is 468 g/mol. The minimum absolute atomic E-state index is 0.0947. The Bertz CT molecular complexity index is 1210. The van der Waals surface area contributed by atoms with Crippen LogP contribution in [0.3, 0.4) is 0 Å². The fraction of sp³-hybridized carbons (Fsp3) is 0.423. The van der Waals surface area contributed by atoms with E-state index in [2.05, 4.69) is 22.5 Å². The monoisotopic (exact) mass is 496 g/mol. The van der Waals surface area contributed by atoms with Crippen molar-refractivity contribution in [3.63, 3.8) is 0 Å². The van der Waals surface area contributed by atoms with Crippen LogP contribution in [0.15, 0.2) is 30.5 Å². The number of anilines is 1. The van der Waals surface area contributed by atoms with Crippen LogP contribution in [0.5, 0.6) is 0 Å². The van der Waals surface area contributed by atoms with Crippen molar-refractivity contribution in [3.05, 3.63) is 45.9 Å². The van der Waals surface area contributed by atoms with Gasteiger partial charge in [-0.1, -0.05) is 11.6 Å². The van der Waals surface area contributed by atoms with Crippen LogP contribution in [0.1, 0.15) is 49.5 Å². The van der Waals surface area contributed by atoms with E-state index in [1.807, 2.05) is 24.3 Å². The van der Waals surface area contributed by atoms with Gasteiger partial charge >= 0.3 is 0 Å². The Kier molecular flexibility index (Phi) is 6.86. The number of carbonyl (C=O) groups is 2. The summed E-state index contributed by atoms with van der Waals surface area (Å²) in [5, 5.41) is 7.57. The normalized spacial score (nSPS) is 19.7. The molecule has 0 radical (unpaired) electrons. The molecule has 5 heterocycles. The van der Waals surface area contributed by atoms with E-state index in [9.17, 15) is 9.59 Å². The molecule has 0 spiro atoms. The van der Waals surface area contributed by atoms with Crippen LogP contribution in [0.25, 0.3) is 21.3 Å². The van der Waals surface area contributed by atoms with Gasteiger partial charge in [0.05, 0.1) is 16.8 Å². The zero-order valence-electron chi connectivity index (χ0n) is 19.3. The number of aryl methyl sites for hydroxylation is 1. The van der Waals surface area contributed by atoms with Crippen molar-refractivity contribution in [3.8, 4) is 11.1 Å². The maximum Gasteiger partial charge on any atom is 0.230 e. The van der Waals surface area contributed by atoms with E-state index in [0.29, 0.717) is 25.4 Å². The van der Waals surface area contributed by atoms with Crippen molar-refractivity contribution in [2.24, 2.45) is 0 Å². The van der Waals surface area contributed by atoms with Crippen molar-refractivity contribution in [1.29, 1.82) is 0 Å². The molecule has 2 N–H and O–H groups in total. The Labute approximate surface area is 208 Å². The highest BCUT2D eigenvalue weighted by molar-refractivity contribution is 7.19. The van der Waals surface area contributed by atoms with Crippen molar-refractivity contribution >= 4 is 50.7 Å². The van der Waals surface area contributed by atoms with Crippen LogP contribution in [-0.2, 0) is 22.6 Å². The second kappa shape index (κ2) is 10.0. The average molecular weight is 497 g/mol. The highest BCUT2D eigenvalue weighted by Gasteiger charge is 2.29. The van der Waals surface area contributed by atoms with Gasteiger partial charge in [-0.3, -0.25) is 19.5 Å². The summed E-state index contributed by atoms with van der Waals surface area (Å²) in [6, 6.07) is 8.46. The van der Waals surface area contributed by atoms with Gasteiger partial charge in [0.1, 0.15) is 0 Å². The summed E-state index contributed by atoms with van der Waals surface area (Å²) in [7, 11) is 0. The maximum absolute atomic E-state index is 12.0. The Balaban J connectivity index is 0.000000429. The molecule has 1 unspecified atom stereocenters. The first kappa shape index (κ1) is 23.3. The standard InChI is InChI=1S/C22H20ClN3O2S.C4H9N/c1-12-2-3-13-8-14(23)9-17(21(13)25-12)16-6-7-24-18-10-15(29-22(16)18)11-26-19(27)4-5-20(26)28;1-2-4-5-3-1/h6-10,12,25H,2-5,11H2,1H3;5H,1-4H2. The van der Waals surface area contributed by atoms with Crippen molar-refractivity contribution < 1.29 is 9.59 Å². The molecule has 0 saturated carbocycles. The van der Waals surface area contributed by atoms with Crippen LogP contribution in [0.4, 0.5) is 5.69 Å². The van der Waals surface area contributed by atoms with E-state index in [0.717, 1.165) is 49.8 Å². The number of imide groups is 1. The van der Waals surface area contributed by atoms with Gasteiger partial charge < -0.3 is 10.6 Å². The Morgan fingerprint density at radius 1 is 1.09 bits per heavy atom. The first-order valence-electron chi connectivity index (χ1n) is 12.0. The number of aromatic nitrogens is 1. The quantitative estimate of drug-likeness (QED) is 0.476. The molecule has 178 valence electrons. The fourth-order valence-electron chi connectivity index (χ4n) is 4.79. The number of benzene rings is 1. The van der Waals surface area contributed by atoms with Gasteiger partial charge in [-0.25, -0.2) is 0 Å². The predicted molar refractivity (Wildman–Crippen MR) is 138 cm³/mol. The molecule has 3 aliphatic rings. The molecule has 0 aliphatic carbocycles. The largest absolute Gasteiger partial charge is 0.382 e. The van der Waals surface area contributed by atoms with Crippen molar-refractivity contribution in [1.82, 2.24) is 15.2 Å². The summed E-state index contributed by atoms with van der Waals surface area (Å²) in [4.78, 5) is 30.8. The molecule has 3 aliphatic heterocycles. The predicted octanol–water partition coefficient (Wildman–Crippen LogP) is 5.38. The molecule has 1 atom stereocenters. The van der Waals surface area contributed by atoms with E-state index in [1.165, 1.54) is 36.4 Å². The molecule has 2 amide bonds. The molecule has 8 heteroatoms. The third-order valence-corrected chi connectivity index (χ3v) is 7.96. The smallest absolute Gasteiger partial charge is 0.230 e. The topological polar surface area (TPSA) is 74.3 Å². The molecule has 2 fully saturated rings. The number of likely N-dealkylation sites (tertiary alicyclic amines) is 1. The SMILES string of the molecule is C1CCNC1.CC1CCc2cc(Cl)cc(-c3ccnc4cc(CN5C(=O)CCC5=O)sc34)c2N1. The number of hydrogen-bond acceptors (Lipinski definition) is 6. The van der Waals surface area contributed by atoms with Crippen LogP contribution >= 0.6 is 22.9 Å². The second-order valence-corrected chi connectivity index (χ2v) is 10.8. The fourth-order valence-corrected chi connectivity index (χ4v) is 6.16. The van der Waals surface area contributed by atoms with Gasteiger partial charge in [0.15, 0.2) is 0 Å². The van der Waals surface area contributed by atoms with Crippen LogP contribution in [-0.4, -0.2) is 40.8 Å². The lowest BCUT2D eigenvalue weighted by atomic mass is 9.93. The molecule has 0 bridgehead atoms. The lowest BCUT2D eigenvalue weighted by Gasteiger charge is -2.27. The number of pyridine rings is 1. The van der Waals surface area contributed by atoms with Crippen LogP contribution in [0, 0.1) is 0 Å². The lowest BCUT2D eigenvalue weighted by molar-refractivity contribution is -0.138. The summed E-state index contributed by atoms with van der Waals surface area (Å²) in [5.74, 6) is -0.189. The second-order valence-electron chi connectivity index (χ2n) is 9.19. The van der Waals surface area contributed by atoms with Crippen LogP contribution in [0.2, 0.25) is 5.02 Å². The highest BCUT2D eigenvalue weighted by Crippen LogP contribution is 2.42. The average Bonchev–Trinajstić information content (AvgIpc) is 3.58. The van der Waals surface area contributed by atoms with E-state index < -0.39 is 0 Å². The molecular formula is C26H29ClN4O2S. The minimum Gasteiger partial charge on any atom is -0.382 e. The molecule has 34 heavy (non-hydrogen) atoms. The number of thiophene rings is 1. The Morgan fingerprint density at radius 2 is 1.85 bits per heavy atom. The Morgan fingerprint density at radius 3 is 2.56 bits per heavy atom. The third kappa shape index (κ3) is 4.83. The molecule has 3 aromatic rings. The van der Waals surface area contributed by atoms with E-state index >= 15 is 0 Å². The number of amides is 2. The summed E-state index contributed by atoms with van der Waals surface area (Å²) < 4.78 is 1.05. The molecule has 2 saturated heterocycles. The maximum atomic E-state index is 12.0. The molecule has 6 rings (SSSR count). The number of hydrogen-bond donors (Lipinski definition) is 2. The number of nitrogens with one attached hydrogen (secondary N) is 2. The summed E-state index contributed by atoms with van der Waals surface area (Å²) in [5.41, 5.74) is 5.40. The zero-order chi connectivity index (χ0) is 23.7. The summed E-state index contributed by atoms with van der Waals surface area (Å²) >= 11 is 8.04. The molecule has 2 aromatic heterocycles. The molecule has 6 nitrogen and oxygen atoms in total. The van der Waals surface area contributed by atoms with Gasteiger partial charge in [-0.05, 0) is 75.5 Å². The van der Waals surface area contributed by atoms with E-state index in [4.69, 9.17) is 11.6 Å². The number of carbonyl (C=O) groups excluding carboxylic acids is 2. The van der Waals surface area contributed by atoms with Gasteiger partial charge in [0, 0.05) is 51.8 Å². The van der Waals surface area contributed by atoms with Gasteiger partial charge in [0.2, 0.25) is 11.8 Å². The number of halogens is 1. The van der Waals surface area contributed by atoms with Gasteiger partial charge in [-0.2, -0.15) is 0 Å². The third-order valence-electron chi connectivity index (χ3n) is 6.60. The zero-order valence-corrected chi connectivity index (χ0v) is 20.9. The highest BCUT2D eigenvalue weighted by atomic mass is 35.5.